The molecule has 0 aromatic rings. The van der Waals surface area contributed by atoms with Crippen molar-refractivity contribution in [3.8, 4) is 0 Å². The van der Waals surface area contributed by atoms with Crippen LogP contribution >= 0.6 is 0 Å². The monoisotopic (exact) mass is 280 g/mol. The topological polar surface area (TPSA) is 29.3 Å². The van der Waals surface area contributed by atoms with E-state index in [-0.39, 0.29) is 0 Å². The van der Waals surface area contributed by atoms with Gasteiger partial charge in [0.2, 0.25) is 0 Å². The molecule has 1 aliphatic heterocycles. The van der Waals surface area contributed by atoms with Gasteiger partial charge in [0.05, 0.1) is 0 Å². The summed E-state index contributed by atoms with van der Waals surface area (Å²) in [5.74, 6) is 2.55. The van der Waals surface area contributed by atoms with Crippen LogP contribution in [0.2, 0.25) is 0 Å². The van der Waals surface area contributed by atoms with Gasteiger partial charge in [-0.25, -0.2) is 0 Å². The average molecular weight is 280 g/mol. The van der Waals surface area contributed by atoms with Crippen LogP contribution in [0.3, 0.4) is 0 Å². The van der Waals surface area contributed by atoms with E-state index in [9.17, 15) is 0 Å². The Hall–Kier alpha value is -0.0800. The molecule has 118 valence electrons. The molecular formula is C18H36N2. The molecule has 1 heterocycles. The summed E-state index contributed by atoms with van der Waals surface area (Å²) < 4.78 is 0. The van der Waals surface area contributed by atoms with Crippen LogP contribution in [-0.2, 0) is 0 Å². The molecule has 2 N–H and O–H groups in total. The lowest BCUT2D eigenvalue weighted by molar-refractivity contribution is 0.104. The maximum atomic E-state index is 6.43. The Morgan fingerprint density at radius 3 is 2.55 bits per heavy atom. The van der Waals surface area contributed by atoms with Crippen LogP contribution in [0.1, 0.15) is 66.2 Å². The number of hydrogen-bond donors (Lipinski definition) is 1. The molecule has 2 aliphatic rings. The Morgan fingerprint density at radius 2 is 1.90 bits per heavy atom. The smallest absolute Gasteiger partial charge is 0.00795 e. The van der Waals surface area contributed by atoms with Crippen LogP contribution in [0.5, 0.6) is 0 Å². The highest BCUT2D eigenvalue weighted by Gasteiger charge is 2.36. The van der Waals surface area contributed by atoms with Gasteiger partial charge in [-0.15, -0.1) is 0 Å². The summed E-state index contributed by atoms with van der Waals surface area (Å²) in [5, 5.41) is 0. The van der Waals surface area contributed by atoms with Crippen molar-refractivity contribution in [3.05, 3.63) is 0 Å². The minimum absolute atomic E-state index is 0.443. The van der Waals surface area contributed by atoms with Crippen molar-refractivity contribution in [1.82, 2.24) is 4.90 Å². The Kier molecular flexibility index (Phi) is 5.53. The Bertz CT molecular complexity index is 294. The van der Waals surface area contributed by atoms with Crippen LogP contribution in [0.25, 0.3) is 0 Å². The first kappa shape index (κ1) is 16.3. The van der Waals surface area contributed by atoms with E-state index in [1.807, 2.05) is 0 Å². The van der Waals surface area contributed by atoms with Gasteiger partial charge < -0.3 is 10.6 Å². The molecule has 2 heteroatoms. The van der Waals surface area contributed by atoms with Gasteiger partial charge in [-0.2, -0.15) is 0 Å². The van der Waals surface area contributed by atoms with Crippen molar-refractivity contribution in [2.45, 2.75) is 72.3 Å². The summed E-state index contributed by atoms with van der Waals surface area (Å²) in [7, 11) is 0. The summed E-state index contributed by atoms with van der Waals surface area (Å²) in [5.41, 5.74) is 6.88. The minimum Gasteiger partial charge on any atom is -0.327 e. The molecule has 1 aliphatic carbocycles. The van der Waals surface area contributed by atoms with Gasteiger partial charge in [-0.05, 0) is 61.8 Å². The number of nitrogens with zero attached hydrogens (tertiary/aromatic N) is 1. The second kappa shape index (κ2) is 6.79. The quantitative estimate of drug-likeness (QED) is 0.846. The molecular weight excluding hydrogens is 244 g/mol. The fraction of sp³-hybridized carbons (Fsp3) is 1.00. The van der Waals surface area contributed by atoms with E-state index in [4.69, 9.17) is 5.73 Å². The maximum Gasteiger partial charge on any atom is 0.00795 e. The van der Waals surface area contributed by atoms with Gasteiger partial charge in [0.25, 0.3) is 0 Å². The molecule has 1 saturated heterocycles. The third kappa shape index (κ3) is 4.21. The molecule has 20 heavy (non-hydrogen) atoms. The van der Waals surface area contributed by atoms with E-state index in [0.29, 0.717) is 11.5 Å². The molecule has 0 spiro atoms. The van der Waals surface area contributed by atoms with E-state index in [1.165, 1.54) is 58.2 Å². The molecule has 2 rings (SSSR count). The van der Waals surface area contributed by atoms with Gasteiger partial charge in [0, 0.05) is 19.1 Å². The summed E-state index contributed by atoms with van der Waals surface area (Å²) in [6, 6.07) is 0.443. The van der Waals surface area contributed by atoms with Crippen molar-refractivity contribution < 1.29 is 0 Å². The van der Waals surface area contributed by atoms with Crippen molar-refractivity contribution in [1.29, 1.82) is 0 Å². The second-order valence-electron chi connectivity index (χ2n) is 8.50. The van der Waals surface area contributed by atoms with Crippen LogP contribution in [0, 0.1) is 23.2 Å². The normalized spacial score (nSPS) is 36.5. The van der Waals surface area contributed by atoms with Gasteiger partial charge in [0.15, 0.2) is 0 Å². The first-order valence-electron chi connectivity index (χ1n) is 8.88. The van der Waals surface area contributed by atoms with Crippen molar-refractivity contribution >= 4 is 0 Å². The average Bonchev–Trinajstić information content (AvgIpc) is 2.78. The van der Waals surface area contributed by atoms with Crippen molar-refractivity contribution in [3.63, 3.8) is 0 Å². The Morgan fingerprint density at radius 1 is 1.15 bits per heavy atom. The number of nitrogens with two attached hydrogens (primary N) is 1. The summed E-state index contributed by atoms with van der Waals surface area (Å²) in [4.78, 5) is 2.70. The summed E-state index contributed by atoms with van der Waals surface area (Å²) in [6.45, 7) is 13.4. The number of likely N-dealkylation sites (tertiary alicyclic amines) is 1. The van der Waals surface area contributed by atoms with Crippen molar-refractivity contribution in [2.24, 2.45) is 28.9 Å². The lowest BCUT2D eigenvalue weighted by Gasteiger charge is -2.42. The van der Waals surface area contributed by atoms with Crippen LogP contribution in [0.4, 0.5) is 0 Å². The Balaban J connectivity index is 1.85. The zero-order chi connectivity index (χ0) is 14.8. The van der Waals surface area contributed by atoms with E-state index in [1.54, 1.807) is 0 Å². The summed E-state index contributed by atoms with van der Waals surface area (Å²) >= 11 is 0. The summed E-state index contributed by atoms with van der Waals surface area (Å²) in [6.07, 6.45) is 8.09. The van der Waals surface area contributed by atoms with Gasteiger partial charge in [-0.3, -0.25) is 0 Å². The maximum absolute atomic E-state index is 6.43. The first-order valence-corrected chi connectivity index (χ1v) is 8.88. The molecule has 0 amide bonds. The van der Waals surface area contributed by atoms with E-state index < -0.39 is 0 Å². The fourth-order valence-corrected chi connectivity index (χ4v) is 4.34. The van der Waals surface area contributed by atoms with E-state index in [2.05, 4.69) is 32.6 Å². The highest BCUT2D eigenvalue weighted by molar-refractivity contribution is 4.90. The first-order chi connectivity index (χ1) is 9.40. The third-order valence-corrected chi connectivity index (χ3v) is 5.83. The lowest BCUT2D eigenvalue weighted by Crippen LogP contribution is -2.44. The van der Waals surface area contributed by atoms with Gasteiger partial charge in [0.1, 0.15) is 0 Å². The Labute approximate surface area is 126 Å². The molecule has 1 saturated carbocycles. The molecule has 0 bridgehead atoms. The third-order valence-electron chi connectivity index (χ3n) is 5.83. The number of rotatable bonds is 4. The van der Waals surface area contributed by atoms with E-state index in [0.717, 1.165) is 17.8 Å². The van der Waals surface area contributed by atoms with Crippen LogP contribution in [0.15, 0.2) is 0 Å². The predicted octanol–water partition coefficient (Wildman–Crippen LogP) is 3.90. The predicted molar refractivity (Wildman–Crippen MR) is 87.7 cm³/mol. The van der Waals surface area contributed by atoms with Crippen molar-refractivity contribution in [2.75, 3.05) is 19.6 Å². The largest absolute Gasteiger partial charge is 0.327 e. The molecule has 2 nitrogen and oxygen atoms in total. The van der Waals surface area contributed by atoms with Crippen LogP contribution < -0.4 is 5.73 Å². The molecule has 4 unspecified atom stereocenters. The zero-order valence-corrected chi connectivity index (χ0v) is 14.2. The molecule has 2 fully saturated rings. The molecule has 4 atom stereocenters. The molecule has 0 aromatic carbocycles. The fourth-order valence-electron chi connectivity index (χ4n) is 4.34. The molecule has 0 radical (unpaired) electrons. The standard InChI is InChI=1S/C18H36N2/c1-5-6-14-9-10-20(12-14)13-15-11-16(18(2,3)4)7-8-17(15)19/h14-17H,5-13,19H2,1-4H3. The molecule has 0 aromatic heterocycles. The SMILES string of the molecule is CCCC1CCN(CC2CC(C(C)(C)C)CCC2N)C1. The minimum atomic E-state index is 0.443. The zero-order valence-electron chi connectivity index (χ0n) is 14.2. The van der Waals surface area contributed by atoms with Crippen LogP contribution in [-0.4, -0.2) is 30.6 Å². The second-order valence-corrected chi connectivity index (χ2v) is 8.50. The van der Waals surface area contributed by atoms with Gasteiger partial charge >= 0.3 is 0 Å². The highest BCUT2D eigenvalue weighted by atomic mass is 15.1. The highest BCUT2D eigenvalue weighted by Crippen LogP contribution is 2.40. The van der Waals surface area contributed by atoms with E-state index >= 15 is 0 Å². The number of hydrogen-bond acceptors (Lipinski definition) is 2. The van der Waals surface area contributed by atoms with Gasteiger partial charge in [-0.1, -0.05) is 34.1 Å². The lowest BCUT2D eigenvalue weighted by atomic mass is 9.67.